The van der Waals surface area contributed by atoms with Gasteiger partial charge >= 0.3 is 0 Å². The summed E-state index contributed by atoms with van der Waals surface area (Å²) in [6, 6.07) is 0. The summed E-state index contributed by atoms with van der Waals surface area (Å²) in [5.41, 5.74) is 4.17. The Kier molecular flexibility index (Phi) is 8.01. The van der Waals surface area contributed by atoms with Crippen LogP contribution in [0, 0.1) is 5.92 Å². The van der Waals surface area contributed by atoms with Gasteiger partial charge in [-0.15, -0.1) is 0 Å². The Balaban J connectivity index is 0.000000492. The van der Waals surface area contributed by atoms with E-state index in [2.05, 4.69) is 22.5 Å². The number of carbonyl (C=O) groups is 1. The maximum atomic E-state index is 8.58. The van der Waals surface area contributed by atoms with E-state index in [1.54, 1.807) is 0 Å². The minimum atomic E-state index is 0.250. The molecule has 4 heteroatoms. The molecule has 2 saturated heterocycles. The van der Waals surface area contributed by atoms with Crippen LogP contribution in [0.15, 0.2) is 0 Å². The molecule has 0 aromatic carbocycles. The second-order valence-corrected chi connectivity index (χ2v) is 5.37. The van der Waals surface area contributed by atoms with Gasteiger partial charge in [0.1, 0.15) is 0 Å². The summed E-state index contributed by atoms with van der Waals surface area (Å²) in [6.07, 6.45) is 7.46. The van der Waals surface area contributed by atoms with Crippen molar-refractivity contribution in [3.05, 3.63) is 0 Å². The lowest BCUT2D eigenvalue weighted by atomic mass is 9.95. The molecule has 0 unspecified atom stereocenters. The zero-order valence-electron chi connectivity index (χ0n) is 11.8. The average Bonchev–Trinajstić information content (AvgIpc) is 2.42. The molecule has 2 aliphatic heterocycles. The fourth-order valence-corrected chi connectivity index (χ4v) is 2.99. The summed E-state index contributed by atoms with van der Waals surface area (Å²) in [5, 5.41) is 0. The van der Waals surface area contributed by atoms with Crippen molar-refractivity contribution in [2.75, 3.05) is 39.3 Å². The first-order valence-electron chi connectivity index (χ1n) is 7.40. The van der Waals surface area contributed by atoms with Gasteiger partial charge in [-0.3, -0.25) is 4.79 Å². The molecule has 2 rings (SSSR count). The number of carbonyl (C=O) groups excluding carboxylic acids is 1. The molecule has 4 nitrogen and oxygen atoms in total. The molecule has 0 radical (unpaired) electrons. The van der Waals surface area contributed by atoms with Gasteiger partial charge in [-0.05, 0) is 64.3 Å². The molecular formula is C14H29N3O. The number of primary amides is 1. The Bertz CT molecular complexity index is 209. The normalized spacial score (nSPS) is 23.2. The predicted octanol–water partition coefficient (Wildman–Crippen LogP) is 1.31. The fraction of sp³-hybridized carbons (Fsp3) is 0.929. The van der Waals surface area contributed by atoms with Gasteiger partial charge in [0.05, 0.1) is 0 Å². The van der Waals surface area contributed by atoms with Gasteiger partial charge in [-0.1, -0.05) is 13.3 Å². The van der Waals surface area contributed by atoms with Gasteiger partial charge < -0.3 is 15.5 Å². The van der Waals surface area contributed by atoms with Crippen LogP contribution >= 0.6 is 0 Å². The topological polar surface area (TPSA) is 49.6 Å². The van der Waals surface area contributed by atoms with Crippen LogP contribution in [-0.2, 0) is 4.79 Å². The molecule has 0 bridgehead atoms. The Hall–Kier alpha value is -0.610. The van der Waals surface area contributed by atoms with E-state index in [4.69, 9.17) is 4.79 Å². The number of hydrogen-bond donors (Lipinski definition) is 1. The second-order valence-electron chi connectivity index (χ2n) is 5.37. The van der Waals surface area contributed by atoms with E-state index in [0.29, 0.717) is 0 Å². The number of rotatable bonds is 3. The van der Waals surface area contributed by atoms with Gasteiger partial charge in [-0.2, -0.15) is 0 Å². The van der Waals surface area contributed by atoms with Crippen molar-refractivity contribution in [2.45, 2.75) is 39.0 Å². The zero-order chi connectivity index (χ0) is 13.2. The highest BCUT2D eigenvalue weighted by atomic mass is 16.1. The largest absolute Gasteiger partial charge is 0.372 e. The van der Waals surface area contributed by atoms with Crippen molar-refractivity contribution >= 4 is 6.41 Å². The first-order valence-corrected chi connectivity index (χ1v) is 7.40. The summed E-state index contributed by atoms with van der Waals surface area (Å²) in [5.74, 6) is 0.992. The number of hydrogen-bond acceptors (Lipinski definition) is 3. The van der Waals surface area contributed by atoms with Gasteiger partial charge in [0.15, 0.2) is 0 Å². The molecule has 0 aliphatic carbocycles. The molecule has 2 fully saturated rings. The lowest BCUT2D eigenvalue weighted by Gasteiger charge is -2.35. The van der Waals surface area contributed by atoms with Gasteiger partial charge in [-0.25, -0.2) is 0 Å². The molecule has 0 aromatic rings. The Morgan fingerprint density at radius 1 is 1.06 bits per heavy atom. The van der Waals surface area contributed by atoms with Crippen molar-refractivity contribution in [3.63, 3.8) is 0 Å². The number of nitrogens with zero attached hydrogens (tertiary/aromatic N) is 2. The van der Waals surface area contributed by atoms with Crippen molar-refractivity contribution in [1.29, 1.82) is 0 Å². The monoisotopic (exact) mass is 255 g/mol. The van der Waals surface area contributed by atoms with Crippen LogP contribution in [0.3, 0.4) is 0 Å². The molecule has 2 N–H and O–H groups in total. The van der Waals surface area contributed by atoms with Crippen LogP contribution in [0.2, 0.25) is 0 Å². The SMILES string of the molecule is CCN1CCC(CN2CCCCC2)CC1.NC=O. The molecule has 2 aliphatic rings. The van der Waals surface area contributed by atoms with E-state index in [1.807, 2.05) is 0 Å². The average molecular weight is 255 g/mol. The van der Waals surface area contributed by atoms with E-state index < -0.39 is 0 Å². The molecule has 0 atom stereocenters. The number of nitrogens with two attached hydrogens (primary N) is 1. The quantitative estimate of drug-likeness (QED) is 0.774. The molecule has 0 spiro atoms. The standard InChI is InChI=1S/C13H26N2.CH3NO/c1-2-14-10-6-13(7-11-14)12-15-8-4-3-5-9-15;2-1-3/h13H,2-12H2,1H3;1H,(H2,2,3). The van der Waals surface area contributed by atoms with Crippen molar-refractivity contribution < 1.29 is 4.79 Å². The second kappa shape index (κ2) is 9.34. The Morgan fingerprint density at radius 2 is 1.61 bits per heavy atom. The summed E-state index contributed by atoms with van der Waals surface area (Å²) >= 11 is 0. The van der Waals surface area contributed by atoms with Gasteiger partial charge in [0.2, 0.25) is 6.41 Å². The number of amides is 1. The number of likely N-dealkylation sites (tertiary alicyclic amines) is 2. The van der Waals surface area contributed by atoms with E-state index in [0.717, 1.165) is 5.92 Å². The van der Waals surface area contributed by atoms with E-state index in [9.17, 15) is 0 Å². The third kappa shape index (κ3) is 5.83. The molecule has 0 saturated carbocycles. The summed E-state index contributed by atoms with van der Waals surface area (Å²) in [7, 11) is 0. The first kappa shape index (κ1) is 15.4. The Morgan fingerprint density at radius 3 is 2.11 bits per heavy atom. The summed E-state index contributed by atoms with van der Waals surface area (Å²) < 4.78 is 0. The van der Waals surface area contributed by atoms with Crippen LogP contribution in [0.1, 0.15) is 39.0 Å². The lowest BCUT2D eigenvalue weighted by Crippen LogP contribution is -2.40. The maximum Gasteiger partial charge on any atom is 0.204 e. The molecule has 106 valence electrons. The highest BCUT2D eigenvalue weighted by Gasteiger charge is 2.21. The van der Waals surface area contributed by atoms with E-state index in [1.165, 1.54) is 71.4 Å². The number of piperidine rings is 2. The van der Waals surface area contributed by atoms with Crippen molar-refractivity contribution in [1.82, 2.24) is 9.80 Å². The molecule has 1 amide bonds. The molecule has 2 heterocycles. The molecular weight excluding hydrogens is 226 g/mol. The lowest BCUT2D eigenvalue weighted by molar-refractivity contribution is -0.106. The van der Waals surface area contributed by atoms with Crippen molar-refractivity contribution in [3.8, 4) is 0 Å². The Labute approximate surface area is 111 Å². The molecule has 0 aromatic heterocycles. The summed E-state index contributed by atoms with van der Waals surface area (Å²) in [4.78, 5) is 13.9. The van der Waals surface area contributed by atoms with Crippen LogP contribution in [-0.4, -0.2) is 55.5 Å². The van der Waals surface area contributed by atoms with Gasteiger partial charge in [0, 0.05) is 6.54 Å². The highest BCUT2D eigenvalue weighted by molar-refractivity contribution is 5.42. The van der Waals surface area contributed by atoms with Crippen LogP contribution in [0.5, 0.6) is 0 Å². The fourth-order valence-electron chi connectivity index (χ4n) is 2.99. The van der Waals surface area contributed by atoms with E-state index >= 15 is 0 Å². The third-order valence-electron chi connectivity index (χ3n) is 4.12. The van der Waals surface area contributed by atoms with Crippen molar-refractivity contribution in [2.24, 2.45) is 11.7 Å². The predicted molar refractivity (Wildman–Crippen MR) is 75.4 cm³/mol. The van der Waals surface area contributed by atoms with Crippen LogP contribution < -0.4 is 5.73 Å². The zero-order valence-corrected chi connectivity index (χ0v) is 11.8. The van der Waals surface area contributed by atoms with E-state index in [-0.39, 0.29) is 6.41 Å². The maximum absolute atomic E-state index is 8.58. The van der Waals surface area contributed by atoms with Crippen LogP contribution in [0.4, 0.5) is 0 Å². The minimum absolute atomic E-state index is 0.250. The smallest absolute Gasteiger partial charge is 0.204 e. The van der Waals surface area contributed by atoms with Crippen LogP contribution in [0.25, 0.3) is 0 Å². The molecule has 18 heavy (non-hydrogen) atoms. The summed E-state index contributed by atoms with van der Waals surface area (Å²) in [6.45, 7) is 10.3. The third-order valence-corrected chi connectivity index (χ3v) is 4.12. The minimum Gasteiger partial charge on any atom is -0.372 e. The van der Waals surface area contributed by atoms with Gasteiger partial charge in [0.25, 0.3) is 0 Å². The first-order chi connectivity index (χ1) is 8.80. The highest BCUT2D eigenvalue weighted by Crippen LogP contribution is 2.20.